The van der Waals surface area contributed by atoms with E-state index in [1.807, 2.05) is 11.8 Å². The first-order valence-electron chi connectivity index (χ1n) is 6.56. The number of hydrogen-bond donors (Lipinski definition) is 0. The highest BCUT2D eigenvalue weighted by atomic mass is 32.2. The molecule has 3 heterocycles. The van der Waals surface area contributed by atoms with E-state index in [1.54, 1.807) is 0 Å². The highest BCUT2D eigenvalue weighted by molar-refractivity contribution is 7.99. The first-order chi connectivity index (χ1) is 8.38. The van der Waals surface area contributed by atoms with E-state index >= 15 is 0 Å². The zero-order valence-electron chi connectivity index (χ0n) is 10.3. The molecule has 2 fully saturated rings. The number of unbranched alkanes of at least 4 members (excludes halogenated alkanes) is 1. The summed E-state index contributed by atoms with van der Waals surface area (Å²) in [5.41, 5.74) is 1.31. The third kappa shape index (κ3) is 2.37. The van der Waals surface area contributed by atoms with E-state index in [4.69, 9.17) is 0 Å². The van der Waals surface area contributed by atoms with Crippen LogP contribution < -0.4 is 0 Å². The minimum absolute atomic E-state index is 0.673. The zero-order valence-corrected chi connectivity index (χ0v) is 11.9. The van der Waals surface area contributed by atoms with Crippen LogP contribution in [0.2, 0.25) is 0 Å². The predicted molar refractivity (Wildman–Crippen MR) is 72.8 cm³/mol. The Hall–Kier alpha value is -0.130. The van der Waals surface area contributed by atoms with E-state index < -0.39 is 0 Å². The van der Waals surface area contributed by atoms with Gasteiger partial charge in [0, 0.05) is 19.0 Å². The van der Waals surface area contributed by atoms with Crippen LogP contribution in [-0.2, 0) is 0 Å². The highest BCUT2D eigenvalue weighted by Gasteiger charge is 2.41. The second-order valence-electron chi connectivity index (χ2n) is 5.07. The lowest BCUT2D eigenvalue weighted by Gasteiger charge is -2.20. The molecular weight excluding hydrogens is 250 g/mol. The lowest BCUT2D eigenvalue weighted by Crippen LogP contribution is -2.22. The molecule has 5 heteroatoms. The molecule has 0 saturated carbocycles. The topological polar surface area (TPSA) is 29.0 Å². The number of fused-ring (bicyclic) bond motifs is 2. The lowest BCUT2D eigenvalue weighted by molar-refractivity contribution is 0.342. The summed E-state index contributed by atoms with van der Waals surface area (Å²) < 4.78 is 9.07. The van der Waals surface area contributed by atoms with Gasteiger partial charge in [0.05, 0.1) is 17.4 Å². The Morgan fingerprint density at radius 3 is 3.06 bits per heavy atom. The summed E-state index contributed by atoms with van der Waals surface area (Å²) in [7, 11) is 0. The predicted octanol–water partition coefficient (Wildman–Crippen LogP) is 2.85. The summed E-state index contributed by atoms with van der Waals surface area (Å²) in [5, 5.41) is 1.22. The van der Waals surface area contributed by atoms with Crippen LogP contribution in [0.4, 0.5) is 0 Å². The maximum Gasteiger partial charge on any atom is 0.134 e. The number of aromatic nitrogens is 2. The fourth-order valence-corrected chi connectivity index (χ4v) is 4.78. The van der Waals surface area contributed by atoms with E-state index in [-0.39, 0.29) is 0 Å². The Kier molecular flexibility index (Phi) is 3.68. The largest absolute Gasteiger partial charge is 0.302 e. The van der Waals surface area contributed by atoms with Crippen molar-refractivity contribution in [2.45, 2.75) is 37.1 Å². The molecule has 0 aromatic carbocycles. The molecule has 1 unspecified atom stereocenters. The molecule has 1 aromatic rings. The van der Waals surface area contributed by atoms with Crippen LogP contribution in [0.15, 0.2) is 5.03 Å². The average molecular weight is 269 g/mol. The molecule has 94 valence electrons. The molecule has 2 bridgehead atoms. The van der Waals surface area contributed by atoms with Crippen LogP contribution in [0.3, 0.4) is 0 Å². The minimum atomic E-state index is 0.673. The molecule has 2 aliphatic heterocycles. The maximum atomic E-state index is 4.58. The van der Waals surface area contributed by atoms with Crippen molar-refractivity contribution in [2.75, 3.05) is 25.4 Å². The summed E-state index contributed by atoms with van der Waals surface area (Å²) in [6, 6.07) is 0. The number of piperidine rings is 1. The normalized spacial score (nSPS) is 31.2. The Bertz CT molecular complexity index is 380. The molecule has 3 nitrogen and oxygen atoms in total. The standard InChI is InChI=1S/C12H19N3S2/c1-2-3-6-16-12-11(13-17-14-12)10-8-15-5-4-9(10)7-15/h9-10H,2-8H2,1H3/t9-,10+/m0/s1. The highest BCUT2D eigenvalue weighted by Crippen LogP contribution is 2.42. The van der Waals surface area contributed by atoms with Crippen LogP contribution in [-0.4, -0.2) is 39.0 Å². The Balaban J connectivity index is 1.68. The van der Waals surface area contributed by atoms with Gasteiger partial charge in [0.1, 0.15) is 5.03 Å². The average Bonchev–Trinajstić information content (AvgIpc) is 3.04. The molecule has 1 aromatic heterocycles. The molecule has 3 rings (SSSR count). The van der Waals surface area contributed by atoms with Gasteiger partial charge in [-0.3, -0.25) is 0 Å². The monoisotopic (exact) mass is 269 g/mol. The van der Waals surface area contributed by atoms with Gasteiger partial charge in [-0.2, -0.15) is 8.75 Å². The molecule has 0 aliphatic carbocycles. The number of rotatable bonds is 5. The summed E-state index contributed by atoms with van der Waals surface area (Å²) in [6.45, 7) is 6.06. The quantitative estimate of drug-likeness (QED) is 0.607. The summed E-state index contributed by atoms with van der Waals surface area (Å²) in [6.07, 6.45) is 3.91. The van der Waals surface area contributed by atoms with E-state index in [1.165, 1.54) is 67.1 Å². The van der Waals surface area contributed by atoms with Crippen LogP contribution >= 0.6 is 23.5 Å². The number of hydrogen-bond acceptors (Lipinski definition) is 5. The van der Waals surface area contributed by atoms with Crippen molar-refractivity contribution in [3.05, 3.63) is 5.69 Å². The third-order valence-corrected chi connectivity index (χ3v) is 5.63. The van der Waals surface area contributed by atoms with Crippen molar-refractivity contribution in [3.8, 4) is 0 Å². The first-order valence-corrected chi connectivity index (χ1v) is 8.27. The van der Waals surface area contributed by atoms with Gasteiger partial charge in [0.25, 0.3) is 0 Å². The minimum Gasteiger partial charge on any atom is -0.302 e. The van der Waals surface area contributed by atoms with E-state index in [9.17, 15) is 0 Å². The first kappa shape index (κ1) is 11.9. The molecule has 0 spiro atoms. The summed E-state index contributed by atoms with van der Waals surface area (Å²) in [4.78, 5) is 2.58. The van der Waals surface area contributed by atoms with Crippen molar-refractivity contribution in [1.29, 1.82) is 0 Å². The van der Waals surface area contributed by atoms with Gasteiger partial charge >= 0.3 is 0 Å². The molecule has 3 atom stereocenters. The fraction of sp³-hybridized carbons (Fsp3) is 0.833. The molecule has 2 aliphatic rings. The van der Waals surface area contributed by atoms with Crippen LogP contribution in [0, 0.1) is 5.92 Å². The van der Waals surface area contributed by atoms with Crippen molar-refractivity contribution in [2.24, 2.45) is 5.92 Å². The third-order valence-electron chi connectivity index (χ3n) is 3.90. The SMILES string of the molecule is CCCCSc1nsnc1[C@@H]1CN2CC[C@H]1C2. The van der Waals surface area contributed by atoms with Gasteiger partial charge in [0.2, 0.25) is 0 Å². The van der Waals surface area contributed by atoms with Gasteiger partial charge in [-0.05, 0) is 31.1 Å². The van der Waals surface area contributed by atoms with Crippen molar-refractivity contribution >= 4 is 23.5 Å². The van der Waals surface area contributed by atoms with Gasteiger partial charge in [-0.15, -0.1) is 11.8 Å². The second-order valence-corrected chi connectivity index (χ2v) is 6.68. The lowest BCUT2D eigenvalue weighted by atomic mass is 9.90. The van der Waals surface area contributed by atoms with Crippen molar-refractivity contribution in [1.82, 2.24) is 13.6 Å². The van der Waals surface area contributed by atoms with Crippen LogP contribution in [0.5, 0.6) is 0 Å². The zero-order chi connectivity index (χ0) is 11.7. The van der Waals surface area contributed by atoms with Crippen molar-refractivity contribution < 1.29 is 0 Å². The number of thioether (sulfide) groups is 1. The van der Waals surface area contributed by atoms with Crippen LogP contribution in [0.25, 0.3) is 0 Å². The molecule has 0 N–H and O–H groups in total. The van der Waals surface area contributed by atoms with Gasteiger partial charge < -0.3 is 4.90 Å². The van der Waals surface area contributed by atoms with Gasteiger partial charge in [-0.25, -0.2) is 0 Å². The Morgan fingerprint density at radius 1 is 1.41 bits per heavy atom. The van der Waals surface area contributed by atoms with Crippen molar-refractivity contribution in [3.63, 3.8) is 0 Å². The van der Waals surface area contributed by atoms with E-state index in [2.05, 4.69) is 20.6 Å². The van der Waals surface area contributed by atoms with Gasteiger partial charge in [0.15, 0.2) is 0 Å². The maximum absolute atomic E-state index is 4.58. The number of nitrogens with zero attached hydrogens (tertiary/aromatic N) is 3. The second kappa shape index (κ2) is 5.24. The summed E-state index contributed by atoms with van der Waals surface area (Å²) in [5.74, 6) is 2.71. The van der Waals surface area contributed by atoms with E-state index in [0.717, 1.165) is 5.92 Å². The smallest absolute Gasteiger partial charge is 0.134 e. The van der Waals surface area contributed by atoms with Gasteiger partial charge in [-0.1, -0.05) is 13.3 Å². The molecule has 0 radical (unpaired) electrons. The fourth-order valence-electron chi connectivity index (χ4n) is 2.92. The molecular formula is C12H19N3S2. The Morgan fingerprint density at radius 2 is 2.35 bits per heavy atom. The summed E-state index contributed by atoms with van der Waals surface area (Å²) >= 11 is 3.31. The van der Waals surface area contributed by atoms with E-state index in [0.29, 0.717) is 5.92 Å². The molecule has 2 saturated heterocycles. The Labute approximate surface area is 111 Å². The molecule has 0 amide bonds. The van der Waals surface area contributed by atoms with Crippen LogP contribution in [0.1, 0.15) is 37.8 Å². The molecule has 17 heavy (non-hydrogen) atoms.